The first-order valence-corrected chi connectivity index (χ1v) is 10.3. The number of amides is 1. The number of anilines is 1. The third-order valence-corrected chi connectivity index (χ3v) is 6.05. The smallest absolute Gasteiger partial charge is 0.344 e. The molecule has 2 aromatic carbocycles. The van der Waals surface area contributed by atoms with Crippen LogP contribution in [0.3, 0.4) is 0 Å². The predicted octanol–water partition coefficient (Wildman–Crippen LogP) is 4.49. The number of rotatable bonds is 5. The van der Waals surface area contributed by atoms with E-state index in [-0.39, 0.29) is 19.1 Å². The van der Waals surface area contributed by atoms with Crippen LogP contribution in [0.4, 0.5) is 5.69 Å². The van der Waals surface area contributed by atoms with Crippen molar-refractivity contribution in [2.24, 2.45) is 0 Å². The van der Waals surface area contributed by atoms with Crippen molar-refractivity contribution in [3.8, 4) is 5.75 Å². The predicted molar refractivity (Wildman–Crippen MR) is 111 cm³/mol. The van der Waals surface area contributed by atoms with Gasteiger partial charge >= 0.3 is 5.97 Å². The lowest BCUT2D eigenvalue weighted by molar-refractivity contribution is -0.149. The summed E-state index contributed by atoms with van der Waals surface area (Å²) in [7, 11) is 0. The number of carbonyl (C=O) groups is 2. The van der Waals surface area contributed by atoms with E-state index in [0.717, 1.165) is 22.6 Å². The van der Waals surface area contributed by atoms with E-state index < -0.39 is 5.97 Å². The first kappa shape index (κ1) is 20.6. The minimum Gasteiger partial charge on any atom is -0.482 e. The van der Waals surface area contributed by atoms with Crippen molar-refractivity contribution in [3.63, 3.8) is 0 Å². The zero-order valence-electron chi connectivity index (χ0n) is 15.8. The summed E-state index contributed by atoms with van der Waals surface area (Å²) >= 11 is 7.72. The maximum absolute atomic E-state index is 12.7. The molecule has 0 fully saturated rings. The number of thioether (sulfide) groups is 1. The summed E-state index contributed by atoms with van der Waals surface area (Å²) in [6.07, 6.45) is 0.873. The van der Waals surface area contributed by atoms with Crippen LogP contribution < -0.4 is 9.64 Å². The van der Waals surface area contributed by atoms with E-state index in [1.807, 2.05) is 31.2 Å². The highest BCUT2D eigenvalue weighted by molar-refractivity contribution is 8.00. The fourth-order valence-corrected chi connectivity index (χ4v) is 4.09. The topological polar surface area (TPSA) is 55.8 Å². The largest absolute Gasteiger partial charge is 0.482 e. The van der Waals surface area contributed by atoms with Crippen molar-refractivity contribution in [3.05, 3.63) is 53.1 Å². The number of ether oxygens (including phenoxy) is 2. The van der Waals surface area contributed by atoms with Crippen LogP contribution in [0.25, 0.3) is 0 Å². The van der Waals surface area contributed by atoms with Crippen molar-refractivity contribution >= 4 is 40.9 Å². The third-order valence-electron chi connectivity index (χ3n) is 4.39. The molecule has 0 N–H and O–H groups in total. The van der Waals surface area contributed by atoms with Crippen LogP contribution in [0, 0.1) is 6.92 Å². The SMILES string of the molecule is Cc1cc(OCC(=O)OCC(=O)N2CC[C@H](C)Sc3ccccc32)ccc1Cl. The van der Waals surface area contributed by atoms with Crippen molar-refractivity contribution in [2.75, 3.05) is 24.7 Å². The fraction of sp³-hybridized carbons (Fsp3) is 0.333. The van der Waals surface area contributed by atoms with Gasteiger partial charge in [-0.1, -0.05) is 30.7 Å². The molecule has 0 aliphatic carbocycles. The highest BCUT2D eigenvalue weighted by Crippen LogP contribution is 2.37. The summed E-state index contributed by atoms with van der Waals surface area (Å²) < 4.78 is 10.5. The Balaban J connectivity index is 1.54. The molecular weight excluding hydrogens is 398 g/mol. The molecule has 1 atom stereocenters. The fourth-order valence-electron chi connectivity index (χ4n) is 2.86. The first-order valence-electron chi connectivity index (χ1n) is 9.04. The Morgan fingerprint density at radius 3 is 2.79 bits per heavy atom. The van der Waals surface area contributed by atoms with Crippen LogP contribution in [0.1, 0.15) is 18.9 Å². The standard InChI is InChI=1S/C21H22ClNO4S/c1-14-11-16(7-8-17(14)22)26-13-21(25)27-12-20(24)23-10-9-15(2)28-19-6-4-3-5-18(19)23/h3-8,11,15H,9-10,12-13H2,1-2H3/t15-/m0/s1. The van der Waals surface area contributed by atoms with E-state index in [4.69, 9.17) is 21.1 Å². The van der Waals surface area contributed by atoms with Gasteiger partial charge < -0.3 is 14.4 Å². The summed E-state index contributed by atoms with van der Waals surface area (Å²) in [5.74, 6) is -0.303. The molecule has 3 rings (SSSR count). The average molecular weight is 420 g/mol. The lowest BCUT2D eigenvalue weighted by atomic mass is 10.2. The van der Waals surface area contributed by atoms with Gasteiger partial charge in [-0.25, -0.2) is 4.79 Å². The maximum Gasteiger partial charge on any atom is 0.344 e. The summed E-state index contributed by atoms with van der Waals surface area (Å²) in [5.41, 5.74) is 1.72. The normalized spacial score (nSPS) is 16.1. The minimum atomic E-state index is -0.591. The Labute approximate surface area is 174 Å². The van der Waals surface area contributed by atoms with E-state index in [1.165, 1.54) is 0 Å². The van der Waals surface area contributed by atoms with Gasteiger partial charge in [0.25, 0.3) is 5.91 Å². The van der Waals surface area contributed by atoms with Crippen molar-refractivity contribution < 1.29 is 19.1 Å². The van der Waals surface area contributed by atoms with E-state index in [9.17, 15) is 9.59 Å². The van der Waals surface area contributed by atoms with Crippen molar-refractivity contribution in [1.29, 1.82) is 0 Å². The number of halogens is 1. The number of benzene rings is 2. The molecule has 0 bridgehead atoms. The van der Waals surface area contributed by atoms with Gasteiger partial charge in [-0.15, -0.1) is 11.8 Å². The number of hydrogen-bond donors (Lipinski definition) is 0. The van der Waals surface area contributed by atoms with Gasteiger partial charge in [0.15, 0.2) is 13.2 Å². The van der Waals surface area contributed by atoms with Crippen LogP contribution in [0.15, 0.2) is 47.4 Å². The van der Waals surface area contributed by atoms with Crippen LogP contribution in [-0.2, 0) is 14.3 Å². The first-order chi connectivity index (χ1) is 13.4. The highest BCUT2D eigenvalue weighted by atomic mass is 35.5. The number of aryl methyl sites for hydroxylation is 1. The Hall–Kier alpha value is -2.18. The zero-order valence-corrected chi connectivity index (χ0v) is 17.4. The summed E-state index contributed by atoms with van der Waals surface area (Å²) in [6.45, 7) is 4.02. The van der Waals surface area contributed by atoms with Gasteiger partial charge in [0, 0.05) is 21.7 Å². The molecule has 28 heavy (non-hydrogen) atoms. The zero-order chi connectivity index (χ0) is 20.1. The quantitative estimate of drug-likeness (QED) is 0.668. The highest BCUT2D eigenvalue weighted by Gasteiger charge is 2.24. The lowest BCUT2D eigenvalue weighted by Gasteiger charge is -2.22. The Bertz CT molecular complexity index is 873. The van der Waals surface area contributed by atoms with Crippen LogP contribution in [0.5, 0.6) is 5.75 Å². The van der Waals surface area contributed by atoms with Gasteiger partial charge in [0.2, 0.25) is 0 Å². The van der Waals surface area contributed by atoms with Gasteiger partial charge in [0.05, 0.1) is 5.69 Å². The van der Waals surface area contributed by atoms with E-state index in [2.05, 4.69) is 6.92 Å². The number of nitrogens with zero attached hydrogens (tertiary/aromatic N) is 1. The molecular formula is C21H22ClNO4S. The molecule has 148 valence electrons. The van der Waals surface area contributed by atoms with Gasteiger partial charge in [-0.3, -0.25) is 4.79 Å². The molecule has 0 radical (unpaired) electrons. The second-order valence-corrected chi connectivity index (χ2v) is 8.48. The second kappa shape index (κ2) is 9.34. The maximum atomic E-state index is 12.7. The molecule has 7 heteroatoms. The third kappa shape index (κ3) is 5.20. The van der Waals surface area contributed by atoms with Gasteiger partial charge in [-0.2, -0.15) is 0 Å². The molecule has 0 saturated heterocycles. The van der Waals surface area contributed by atoms with Crippen LogP contribution in [-0.4, -0.2) is 36.9 Å². The van der Waals surface area contributed by atoms with E-state index in [0.29, 0.717) is 22.6 Å². The molecule has 1 aliphatic rings. The second-order valence-electron chi connectivity index (χ2n) is 6.59. The van der Waals surface area contributed by atoms with Crippen molar-refractivity contribution in [2.45, 2.75) is 30.4 Å². The van der Waals surface area contributed by atoms with E-state index in [1.54, 1.807) is 34.9 Å². The summed E-state index contributed by atoms with van der Waals surface area (Å²) in [6, 6.07) is 12.9. The minimum absolute atomic E-state index is 0.238. The number of para-hydroxylation sites is 1. The van der Waals surface area contributed by atoms with Crippen LogP contribution >= 0.6 is 23.4 Å². The molecule has 0 aromatic heterocycles. The number of carbonyl (C=O) groups excluding carboxylic acids is 2. The monoisotopic (exact) mass is 419 g/mol. The number of hydrogen-bond acceptors (Lipinski definition) is 5. The molecule has 2 aromatic rings. The molecule has 0 spiro atoms. The van der Waals surface area contributed by atoms with Gasteiger partial charge in [-0.05, 0) is 49.2 Å². The Kier molecular flexibility index (Phi) is 6.86. The molecule has 0 saturated carbocycles. The molecule has 5 nitrogen and oxygen atoms in total. The average Bonchev–Trinajstić information content (AvgIpc) is 2.85. The van der Waals surface area contributed by atoms with Crippen molar-refractivity contribution in [1.82, 2.24) is 0 Å². The summed E-state index contributed by atoms with van der Waals surface area (Å²) in [4.78, 5) is 27.4. The Morgan fingerprint density at radius 2 is 2.00 bits per heavy atom. The molecule has 0 unspecified atom stereocenters. The van der Waals surface area contributed by atoms with Crippen LogP contribution in [0.2, 0.25) is 5.02 Å². The number of fused-ring (bicyclic) bond motifs is 1. The molecule has 1 aliphatic heterocycles. The summed E-state index contributed by atoms with van der Waals surface area (Å²) in [5, 5.41) is 1.04. The number of esters is 1. The molecule has 1 heterocycles. The lowest BCUT2D eigenvalue weighted by Crippen LogP contribution is -2.36. The van der Waals surface area contributed by atoms with E-state index >= 15 is 0 Å². The Morgan fingerprint density at radius 1 is 1.21 bits per heavy atom. The van der Waals surface area contributed by atoms with Gasteiger partial charge in [0.1, 0.15) is 5.75 Å². The molecule has 1 amide bonds.